The number of nitrogens with one attached hydrogen (secondary N) is 2. The Morgan fingerprint density at radius 1 is 0.724 bits per heavy atom. The Kier molecular flexibility index (Phi) is 5.98. The van der Waals surface area contributed by atoms with Crippen LogP contribution in [-0.4, -0.2) is 9.97 Å². The van der Waals surface area contributed by atoms with Crippen molar-refractivity contribution in [3.8, 4) is 5.75 Å². The normalized spacial score (nSPS) is 10.3. The van der Waals surface area contributed by atoms with E-state index in [4.69, 9.17) is 4.74 Å². The lowest BCUT2D eigenvalue weighted by Gasteiger charge is -2.10. The molecule has 0 fully saturated rings. The lowest BCUT2D eigenvalue weighted by Crippen LogP contribution is -2.04. The molecule has 0 aliphatic heterocycles. The number of anilines is 3. The zero-order valence-corrected chi connectivity index (χ0v) is 16.0. The molecule has 2 N–H and O–H groups in total. The molecule has 4 aromatic rings. The third kappa shape index (κ3) is 5.56. The Balaban J connectivity index is 1.33. The highest BCUT2D eigenvalue weighted by Crippen LogP contribution is 2.20. The van der Waals surface area contributed by atoms with Gasteiger partial charge in [-0.25, -0.2) is 4.98 Å². The Hall–Kier alpha value is -3.86. The molecule has 29 heavy (non-hydrogen) atoms. The zero-order chi connectivity index (χ0) is 19.7. The summed E-state index contributed by atoms with van der Waals surface area (Å²) in [6.45, 7) is 1.23. The molecule has 1 heterocycles. The monoisotopic (exact) mass is 382 g/mol. The van der Waals surface area contributed by atoms with Crippen LogP contribution in [0.1, 0.15) is 11.1 Å². The number of ether oxygens (including phenoxy) is 1. The molecule has 1 aromatic heterocycles. The van der Waals surface area contributed by atoms with E-state index < -0.39 is 0 Å². The first-order valence-electron chi connectivity index (χ1n) is 9.50. The van der Waals surface area contributed by atoms with Crippen LogP contribution in [0.15, 0.2) is 97.2 Å². The van der Waals surface area contributed by atoms with Crippen molar-refractivity contribution in [3.05, 3.63) is 108 Å². The SMILES string of the molecule is c1ccc(CNc2nccc(Nc3ccc(OCc4ccccc4)cc3)n2)cc1. The van der Waals surface area contributed by atoms with Crippen molar-refractivity contribution >= 4 is 17.5 Å². The van der Waals surface area contributed by atoms with Gasteiger partial charge in [0, 0.05) is 18.4 Å². The first-order chi connectivity index (χ1) is 14.3. The van der Waals surface area contributed by atoms with Crippen molar-refractivity contribution in [2.45, 2.75) is 13.2 Å². The van der Waals surface area contributed by atoms with Crippen LogP contribution in [0.3, 0.4) is 0 Å². The molecule has 0 bridgehead atoms. The van der Waals surface area contributed by atoms with E-state index in [0.29, 0.717) is 19.1 Å². The lowest BCUT2D eigenvalue weighted by atomic mass is 10.2. The zero-order valence-electron chi connectivity index (χ0n) is 16.0. The van der Waals surface area contributed by atoms with Gasteiger partial charge in [0.1, 0.15) is 18.2 Å². The highest BCUT2D eigenvalue weighted by Gasteiger charge is 2.02. The Bertz CT molecular complexity index is 1020. The van der Waals surface area contributed by atoms with Crippen LogP contribution in [0, 0.1) is 0 Å². The van der Waals surface area contributed by atoms with Crippen molar-refractivity contribution in [2.75, 3.05) is 10.6 Å². The van der Waals surface area contributed by atoms with E-state index in [-0.39, 0.29) is 0 Å². The fourth-order valence-electron chi connectivity index (χ4n) is 2.81. The van der Waals surface area contributed by atoms with E-state index in [2.05, 4.69) is 44.9 Å². The quantitative estimate of drug-likeness (QED) is 0.427. The maximum atomic E-state index is 5.83. The molecule has 0 aliphatic carbocycles. The summed E-state index contributed by atoms with van der Waals surface area (Å²) >= 11 is 0. The first kappa shape index (κ1) is 18.5. The van der Waals surface area contributed by atoms with E-state index in [1.165, 1.54) is 5.56 Å². The second-order valence-corrected chi connectivity index (χ2v) is 6.53. The molecule has 3 aromatic carbocycles. The molecule has 0 saturated carbocycles. The Morgan fingerprint density at radius 2 is 1.41 bits per heavy atom. The minimum absolute atomic E-state index is 0.552. The summed E-state index contributed by atoms with van der Waals surface area (Å²) in [6, 6.07) is 30.0. The smallest absolute Gasteiger partial charge is 0.224 e. The van der Waals surface area contributed by atoms with E-state index in [0.717, 1.165) is 22.8 Å². The summed E-state index contributed by atoms with van der Waals surface area (Å²) in [5, 5.41) is 6.54. The standard InChI is InChI=1S/C24H22N4O/c1-3-7-19(8-4-1)17-26-24-25-16-15-23(28-24)27-21-11-13-22(14-12-21)29-18-20-9-5-2-6-10-20/h1-16H,17-18H2,(H2,25,26,27,28). The Morgan fingerprint density at radius 3 is 2.14 bits per heavy atom. The molecular formula is C24H22N4O. The van der Waals surface area contributed by atoms with Gasteiger partial charge in [-0.2, -0.15) is 4.98 Å². The maximum absolute atomic E-state index is 5.83. The molecule has 5 nitrogen and oxygen atoms in total. The predicted octanol–water partition coefficient (Wildman–Crippen LogP) is 5.41. The average molecular weight is 382 g/mol. The molecule has 4 rings (SSSR count). The summed E-state index contributed by atoms with van der Waals surface area (Å²) in [7, 11) is 0. The molecule has 0 atom stereocenters. The van der Waals surface area contributed by atoms with Gasteiger partial charge in [0.25, 0.3) is 0 Å². The minimum Gasteiger partial charge on any atom is -0.489 e. The number of benzene rings is 3. The summed E-state index contributed by atoms with van der Waals surface area (Å²) in [5.74, 6) is 2.14. The van der Waals surface area contributed by atoms with Gasteiger partial charge in [-0.15, -0.1) is 0 Å². The van der Waals surface area contributed by atoms with Crippen LogP contribution in [0.2, 0.25) is 0 Å². The van der Waals surface area contributed by atoms with Crippen molar-refractivity contribution < 1.29 is 4.74 Å². The van der Waals surface area contributed by atoms with E-state index in [9.17, 15) is 0 Å². The van der Waals surface area contributed by atoms with Crippen molar-refractivity contribution in [1.29, 1.82) is 0 Å². The number of aromatic nitrogens is 2. The average Bonchev–Trinajstić information content (AvgIpc) is 2.79. The fraction of sp³-hybridized carbons (Fsp3) is 0.0833. The van der Waals surface area contributed by atoms with Crippen LogP contribution in [0.5, 0.6) is 5.75 Å². The molecule has 0 radical (unpaired) electrons. The molecule has 0 spiro atoms. The lowest BCUT2D eigenvalue weighted by molar-refractivity contribution is 0.306. The molecule has 0 unspecified atom stereocenters. The summed E-state index contributed by atoms with van der Waals surface area (Å²) in [4.78, 5) is 8.80. The van der Waals surface area contributed by atoms with Gasteiger partial charge < -0.3 is 15.4 Å². The molecular weight excluding hydrogens is 360 g/mol. The number of hydrogen-bond acceptors (Lipinski definition) is 5. The molecule has 0 saturated heterocycles. The van der Waals surface area contributed by atoms with Crippen LogP contribution in [-0.2, 0) is 13.2 Å². The van der Waals surface area contributed by atoms with Gasteiger partial charge in [-0.1, -0.05) is 60.7 Å². The highest BCUT2D eigenvalue weighted by molar-refractivity contribution is 5.57. The second kappa shape index (κ2) is 9.37. The first-order valence-corrected chi connectivity index (χ1v) is 9.50. The van der Waals surface area contributed by atoms with Crippen LogP contribution < -0.4 is 15.4 Å². The van der Waals surface area contributed by atoms with Crippen LogP contribution in [0.25, 0.3) is 0 Å². The molecule has 0 aliphatic rings. The van der Waals surface area contributed by atoms with Gasteiger partial charge in [-0.05, 0) is 41.5 Å². The summed E-state index contributed by atoms with van der Waals surface area (Å²) < 4.78 is 5.83. The minimum atomic E-state index is 0.552. The fourth-order valence-corrected chi connectivity index (χ4v) is 2.81. The third-order valence-corrected chi connectivity index (χ3v) is 4.32. The number of hydrogen-bond donors (Lipinski definition) is 2. The van der Waals surface area contributed by atoms with Gasteiger partial charge in [0.2, 0.25) is 5.95 Å². The third-order valence-electron chi connectivity index (χ3n) is 4.32. The molecule has 144 valence electrons. The van der Waals surface area contributed by atoms with Gasteiger partial charge in [-0.3, -0.25) is 0 Å². The van der Waals surface area contributed by atoms with E-state index in [1.807, 2.05) is 66.7 Å². The largest absolute Gasteiger partial charge is 0.489 e. The summed E-state index contributed by atoms with van der Waals surface area (Å²) in [6.07, 6.45) is 1.74. The maximum Gasteiger partial charge on any atom is 0.224 e. The predicted molar refractivity (Wildman–Crippen MR) is 116 cm³/mol. The van der Waals surface area contributed by atoms with E-state index >= 15 is 0 Å². The topological polar surface area (TPSA) is 59.1 Å². The van der Waals surface area contributed by atoms with Gasteiger partial charge in [0.15, 0.2) is 0 Å². The molecule has 5 heteroatoms. The Labute approximate surface area is 170 Å². The van der Waals surface area contributed by atoms with Crippen LogP contribution >= 0.6 is 0 Å². The van der Waals surface area contributed by atoms with Crippen molar-refractivity contribution in [3.63, 3.8) is 0 Å². The molecule has 0 amide bonds. The van der Waals surface area contributed by atoms with E-state index in [1.54, 1.807) is 6.20 Å². The second-order valence-electron chi connectivity index (χ2n) is 6.53. The van der Waals surface area contributed by atoms with Gasteiger partial charge in [0.05, 0.1) is 0 Å². The van der Waals surface area contributed by atoms with Crippen molar-refractivity contribution in [2.24, 2.45) is 0 Å². The summed E-state index contributed by atoms with van der Waals surface area (Å²) in [5.41, 5.74) is 3.26. The van der Waals surface area contributed by atoms with Gasteiger partial charge >= 0.3 is 0 Å². The highest BCUT2D eigenvalue weighted by atomic mass is 16.5. The number of rotatable bonds is 8. The van der Waals surface area contributed by atoms with Crippen molar-refractivity contribution in [1.82, 2.24) is 9.97 Å². The van der Waals surface area contributed by atoms with Crippen LogP contribution in [0.4, 0.5) is 17.5 Å². The number of nitrogens with zero attached hydrogens (tertiary/aromatic N) is 2.